The zero-order valence-corrected chi connectivity index (χ0v) is 14.1. The number of thioether (sulfide) groups is 1. The van der Waals surface area contributed by atoms with Gasteiger partial charge in [0.25, 0.3) is 0 Å². The van der Waals surface area contributed by atoms with E-state index < -0.39 is 0 Å². The molecule has 0 saturated carbocycles. The molecular formula is C16H28N2OS. The second-order valence-corrected chi connectivity index (χ2v) is 7.39. The molecule has 1 N–H and O–H groups in total. The van der Waals surface area contributed by atoms with Gasteiger partial charge >= 0.3 is 0 Å². The van der Waals surface area contributed by atoms with Gasteiger partial charge in [0.15, 0.2) is 0 Å². The maximum atomic E-state index is 6.04. The largest absolute Gasteiger partial charge is 0.463 e. The molecule has 0 spiro atoms. The van der Waals surface area contributed by atoms with Crippen LogP contribution >= 0.6 is 11.8 Å². The third kappa shape index (κ3) is 4.54. The van der Waals surface area contributed by atoms with Crippen LogP contribution in [0.4, 0.5) is 0 Å². The monoisotopic (exact) mass is 296 g/mol. The lowest BCUT2D eigenvalue weighted by Gasteiger charge is -2.32. The highest BCUT2D eigenvalue weighted by molar-refractivity contribution is 7.99. The average molecular weight is 296 g/mol. The van der Waals surface area contributed by atoms with Crippen LogP contribution in [0, 0.1) is 12.8 Å². The minimum absolute atomic E-state index is 0.654. The van der Waals surface area contributed by atoms with E-state index in [1.54, 1.807) is 0 Å². The van der Waals surface area contributed by atoms with Crippen LogP contribution in [0.2, 0.25) is 0 Å². The van der Waals surface area contributed by atoms with Crippen molar-refractivity contribution in [2.45, 2.75) is 46.8 Å². The molecule has 1 atom stereocenters. The van der Waals surface area contributed by atoms with E-state index in [-0.39, 0.29) is 0 Å². The summed E-state index contributed by atoms with van der Waals surface area (Å²) in [5.41, 5.74) is 1.27. The molecule has 20 heavy (non-hydrogen) atoms. The third-order valence-corrected chi connectivity index (χ3v) is 4.96. The van der Waals surface area contributed by atoms with Gasteiger partial charge in [-0.15, -0.1) is 0 Å². The van der Waals surface area contributed by atoms with Crippen molar-refractivity contribution in [1.29, 1.82) is 0 Å². The van der Waals surface area contributed by atoms with Crippen LogP contribution in [0.5, 0.6) is 0 Å². The molecule has 2 rings (SSSR count). The SMILES string of the molecule is Cc1cc(CN2CCSCC2C)oc1CNCC(C)C. The van der Waals surface area contributed by atoms with Crippen LogP contribution in [0.1, 0.15) is 37.9 Å². The maximum Gasteiger partial charge on any atom is 0.120 e. The van der Waals surface area contributed by atoms with E-state index in [9.17, 15) is 0 Å². The number of furan rings is 1. The van der Waals surface area contributed by atoms with Crippen LogP contribution in [0.3, 0.4) is 0 Å². The van der Waals surface area contributed by atoms with Crippen molar-refractivity contribution >= 4 is 11.8 Å². The van der Waals surface area contributed by atoms with Crippen LogP contribution in [0.15, 0.2) is 10.5 Å². The van der Waals surface area contributed by atoms with Gasteiger partial charge in [-0.3, -0.25) is 4.90 Å². The number of nitrogens with one attached hydrogen (secondary N) is 1. The topological polar surface area (TPSA) is 28.4 Å². The van der Waals surface area contributed by atoms with E-state index in [4.69, 9.17) is 4.42 Å². The van der Waals surface area contributed by atoms with E-state index in [0.717, 1.165) is 31.2 Å². The number of hydrogen-bond donors (Lipinski definition) is 1. The van der Waals surface area contributed by atoms with Crippen LogP contribution in [-0.4, -0.2) is 35.5 Å². The predicted molar refractivity (Wildman–Crippen MR) is 87.2 cm³/mol. The highest BCUT2D eigenvalue weighted by Gasteiger charge is 2.20. The number of rotatable bonds is 6. The Morgan fingerprint density at radius 2 is 2.30 bits per heavy atom. The van der Waals surface area contributed by atoms with Crippen molar-refractivity contribution in [3.05, 3.63) is 23.2 Å². The molecule has 1 fully saturated rings. The molecule has 1 saturated heterocycles. The van der Waals surface area contributed by atoms with Crippen molar-refractivity contribution in [3.8, 4) is 0 Å². The van der Waals surface area contributed by atoms with Crippen LogP contribution in [-0.2, 0) is 13.1 Å². The molecule has 1 aliphatic heterocycles. The fraction of sp³-hybridized carbons (Fsp3) is 0.750. The van der Waals surface area contributed by atoms with E-state index >= 15 is 0 Å². The summed E-state index contributed by atoms with van der Waals surface area (Å²) in [5.74, 6) is 5.37. The average Bonchev–Trinajstić information content (AvgIpc) is 2.72. The molecule has 0 aliphatic carbocycles. The Labute approximate surface area is 127 Å². The molecular weight excluding hydrogens is 268 g/mol. The summed E-state index contributed by atoms with van der Waals surface area (Å²) in [6, 6.07) is 2.86. The first-order valence-corrected chi connectivity index (χ1v) is 8.82. The normalized spacial score (nSPS) is 20.8. The Balaban J connectivity index is 1.89. The Hall–Kier alpha value is -0.450. The minimum atomic E-state index is 0.654. The van der Waals surface area contributed by atoms with E-state index in [0.29, 0.717) is 12.0 Å². The van der Waals surface area contributed by atoms with Gasteiger partial charge in [-0.2, -0.15) is 11.8 Å². The van der Waals surface area contributed by atoms with Gasteiger partial charge in [-0.1, -0.05) is 13.8 Å². The van der Waals surface area contributed by atoms with Gasteiger partial charge in [0.1, 0.15) is 11.5 Å². The lowest BCUT2D eigenvalue weighted by Crippen LogP contribution is -2.39. The molecule has 114 valence electrons. The molecule has 3 nitrogen and oxygen atoms in total. The summed E-state index contributed by atoms with van der Waals surface area (Å²) in [7, 11) is 0. The van der Waals surface area contributed by atoms with Crippen molar-refractivity contribution in [2.75, 3.05) is 24.6 Å². The van der Waals surface area contributed by atoms with Crippen molar-refractivity contribution < 1.29 is 4.42 Å². The fourth-order valence-electron chi connectivity index (χ4n) is 2.51. The van der Waals surface area contributed by atoms with Crippen LogP contribution in [0.25, 0.3) is 0 Å². The van der Waals surface area contributed by atoms with Gasteiger partial charge < -0.3 is 9.73 Å². The second kappa shape index (κ2) is 7.53. The smallest absolute Gasteiger partial charge is 0.120 e. The highest BCUT2D eigenvalue weighted by Crippen LogP contribution is 2.21. The first kappa shape index (κ1) is 15.9. The molecule has 0 radical (unpaired) electrons. The Morgan fingerprint density at radius 1 is 1.50 bits per heavy atom. The van der Waals surface area contributed by atoms with Crippen molar-refractivity contribution in [1.82, 2.24) is 10.2 Å². The number of hydrogen-bond acceptors (Lipinski definition) is 4. The summed E-state index contributed by atoms with van der Waals surface area (Å²) >= 11 is 2.06. The van der Waals surface area contributed by atoms with E-state index in [1.807, 2.05) is 0 Å². The quantitative estimate of drug-likeness (QED) is 0.872. The predicted octanol–water partition coefficient (Wildman–Crippen LogP) is 3.27. The highest BCUT2D eigenvalue weighted by atomic mass is 32.2. The summed E-state index contributed by atoms with van der Waals surface area (Å²) in [4.78, 5) is 2.53. The summed E-state index contributed by atoms with van der Waals surface area (Å²) in [6.45, 7) is 12.9. The maximum absolute atomic E-state index is 6.04. The number of aryl methyl sites for hydroxylation is 1. The molecule has 1 aromatic heterocycles. The standard InChI is InChI=1S/C16H28N2OS/c1-12(2)8-17-9-16-13(3)7-15(19-16)10-18-5-6-20-11-14(18)4/h7,12,14,17H,5-6,8-11H2,1-4H3. The van der Waals surface area contributed by atoms with E-state index in [1.165, 1.54) is 23.6 Å². The van der Waals surface area contributed by atoms with Gasteiger partial charge in [-0.05, 0) is 37.9 Å². The zero-order chi connectivity index (χ0) is 14.5. The lowest BCUT2D eigenvalue weighted by atomic mass is 10.2. The summed E-state index contributed by atoms with van der Waals surface area (Å²) in [6.07, 6.45) is 0. The van der Waals surface area contributed by atoms with Gasteiger partial charge in [0, 0.05) is 24.1 Å². The molecule has 4 heteroatoms. The molecule has 0 aromatic carbocycles. The van der Waals surface area contributed by atoms with E-state index in [2.05, 4.69) is 55.7 Å². The Bertz CT molecular complexity index is 417. The Morgan fingerprint density at radius 3 is 3.00 bits per heavy atom. The van der Waals surface area contributed by atoms with Gasteiger partial charge in [0.05, 0.1) is 13.1 Å². The summed E-state index contributed by atoms with van der Waals surface area (Å²) < 4.78 is 6.04. The molecule has 1 unspecified atom stereocenters. The van der Waals surface area contributed by atoms with Crippen LogP contribution < -0.4 is 5.32 Å². The second-order valence-electron chi connectivity index (χ2n) is 6.24. The number of nitrogens with zero attached hydrogens (tertiary/aromatic N) is 1. The third-order valence-electron chi connectivity index (χ3n) is 3.77. The van der Waals surface area contributed by atoms with Gasteiger partial charge in [-0.25, -0.2) is 0 Å². The molecule has 0 bridgehead atoms. The van der Waals surface area contributed by atoms with Crippen molar-refractivity contribution in [2.24, 2.45) is 5.92 Å². The first-order chi connectivity index (χ1) is 9.56. The zero-order valence-electron chi connectivity index (χ0n) is 13.2. The first-order valence-electron chi connectivity index (χ1n) is 7.67. The van der Waals surface area contributed by atoms with Gasteiger partial charge in [0.2, 0.25) is 0 Å². The molecule has 2 heterocycles. The molecule has 0 amide bonds. The van der Waals surface area contributed by atoms with Crippen molar-refractivity contribution in [3.63, 3.8) is 0 Å². The lowest BCUT2D eigenvalue weighted by molar-refractivity contribution is 0.204. The minimum Gasteiger partial charge on any atom is -0.463 e. The summed E-state index contributed by atoms with van der Waals surface area (Å²) in [5, 5.41) is 3.46. The molecule has 1 aliphatic rings. The fourth-order valence-corrected chi connectivity index (χ4v) is 3.60. The Kier molecular flexibility index (Phi) is 6.00. The molecule has 1 aromatic rings.